The van der Waals surface area contributed by atoms with Gasteiger partial charge in [0, 0.05) is 29.6 Å². The number of aromatic hydroxyl groups is 2. The molecule has 4 rings (SSSR count). The van der Waals surface area contributed by atoms with Crippen LogP contribution in [0.1, 0.15) is 5.56 Å². The number of ether oxygens (including phenoxy) is 1. The number of rotatable bonds is 5. The summed E-state index contributed by atoms with van der Waals surface area (Å²) in [6.07, 6.45) is 3.13. The monoisotopic (exact) mass is 404 g/mol. The van der Waals surface area contributed by atoms with E-state index in [-0.39, 0.29) is 17.1 Å². The van der Waals surface area contributed by atoms with Gasteiger partial charge in [-0.2, -0.15) is 0 Å². The van der Waals surface area contributed by atoms with Crippen molar-refractivity contribution in [3.63, 3.8) is 0 Å². The van der Waals surface area contributed by atoms with Crippen LogP contribution in [-0.4, -0.2) is 37.8 Å². The molecular formula is C21H16N4O5. The zero-order valence-electron chi connectivity index (χ0n) is 15.8. The van der Waals surface area contributed by atoms with Crippen LogP contribution in [0.2, 0.25) is 0 Å². The topological polar surface area (TPSA) is 122 Å². The SMILES string of the molecule is COc1cc(-c2nc3ccccn3c2/N=C/c2cccc([N+](=O)[O-])c2O)ccc1O. The van der Waals surface area contributed by atoms with Gasteiger partial charge in [-0.1, -0.05) is 12.1 Å². The number of aliphatic imine (C=N–C) groups is 1. The van der Waals surface area contributed by atoms with Crippen molar-refractivity contribution < 1.29 is 19.9 Å². The van der Waals surface area contributed by atoms with Crippen LogP contribution in [0.25, 0.3) is 16.9 Å². The van der Waals surface area contributed by atoms with Gasteiger partial charge in [-0.15, -0.1) is 0 Å². The van der Waals surface area contributed by atoms with E-state index < -0.39 is 16.4 Å². The number of phenolic OH excluding ortho intramolecular Hbond substituents is 2. The minimum atomic E-state index is -0.658. The zero-order chi connectivity index (χ0) is 21.3. The average Bonchev–Trinajstić information content (AvgIpc) is 3.11. The van der Waals surface area contributed by atoms with E-state index in [1.165, 1.54) is 37.6 Å². The van der Waals surface area contributed by atoms with Crippen LogP contribution in [0.4, 0.5) is 11.5 Å². The summed E-state index contributed by atoms with van der Waals surface area (Å²) in [6.45, 7) is 0. The molecule has 0 saturated heterocycles. The number of nitro benzene ring substituents is 1. The average molecular weight is 404 g/mol. The maximum absolute atomic E-state index is 11.1. The van der Waals surface area contributed by atoms with Crippen LogP contribution in [-0.2, 0) is 0 Å². The number of fused-ring (bicyclic) bond motifs is 1. The molecule has 0 radical (unpaired) electrons. The number of benzene rings is 2. The molecule has 0 unspecified atom stereocenters. The van der Waals surface area contributed by atoms with Crippen LogP contribution < -0.4 is 4.74 Å². The number of imidazole rings is 1. The predicted molar refractivity (Wildman–Crippen MR) is 111 cm³/mol. The Morgan fingerprint density at radius 2 is 2.00 bits per heavy atom. The van der Waals surface area contributed by atoms with Crippen molar-refractivity contribution in [2.75, 3.05) is 7.11 Å². The summed E-state index contributed by atoms with van der Waals surface area (Å²) < 4.78 is 6.93. The molecule has 9 heteroatoms. The molecule has 0 amide bonds. The van der Waals surface area contributed by atoms with Gasteiger partial charge in [-0.25, -0.2) is 9.98 Å². The number of nitro groups is 1. The molecule has 4 aromatic rings. The van der Waals surface area contributed by atoms with Crippen molar-refractivity contribution in [1.82, 2.24) is 9.38 Å². The standard InChI is InChI=1S/C21H16N4O5/c1-30-17-11-13(8-9-16(17)26)19-21(24-10-3-2-7-18(24)23-19)22-12-14-5-4-6-15(20(14)27)25(28)29/h2-12,26-27H,1H3/b22-12+. The summed E-state index contributed by atoms with van der Waals surface area (Å²) in [4.78, 5) is 19.5. The Morgan fingerprint density at radius 1 is 1.17 bits per heavy atom. The molecule has 9 nitrogen and oxygen atoms in total. The summed E-state index contributed by atoms with van der Waals surface area (Å²) in [6, 6.07) is 14.5. The molecule has 2 N–H and O–H groups in total. The highest BCUT2D eigenvalue weighted by Crippen LogP contribution is 2.36. The molecule has 0 aliphatic rings. The first-order valence-electron chi connectivity index (χ1n) is 8.84. The third kappa shape index (κ3) is 3.28. The Balaban J connectivity index is 1.87. The smallest absolute Gasteiger partial charge is 0.311 e. The molecule has 30 heavy (non-hydrogen) atoms. The second kappa shape index (κ2) is 7.55. The fraction of sp³-hybridized carbons (Fsp3) is 0.0476. The van der Waals surface area contributed by atoms with Crippen LogP contribution in [0, 0.1) is 10.1 Å². The maximum atomic E-state index is 11.1. The summed E-state index contributed by atoms with van der Waals surface area (Å²) in [5, 5.41) is 31.1. The van der Waals surface area contributed by atoms with Gasteiger partial charge in [0.15, 0.2) is 17.3 Å². The van der Waals surface area contributed by atoms with E-state index in [2.05, 4.69) is 9.98 Å². The number of hydrogen-bond donors (Lipinski definition) is 2. The van der Waals surface area contributed by atoms with E-state index in [9.17, 15) is 20.3 Å². The van der Waals surface area contributed by atoms with Crippen LogP contribution in [0.3, 0.4) is 0 Å². The molecule has 0 saturated carbocycles. The Kier molecular flexibility index (Phi) is 4.77. The van der Waals surface area contributed by atoms with E-state index in [4.69, 9.17) is 4.74 Å². The van der Waals surface area contributed by atoms with Gasteiger partial charge in [-0.3, -0.25) is 14.5 Å². The largest absolute Gasteiger partial charge is 0.504 e. The summed E-state index contributed by atoms with van der Waals surface area (Å²) >= 11 is 0. The lowest BCUT2D eigenvalue weighted by molar-refractivity contribution is -0.385. The second-order valence-corrected chi connectivity index (χ2v) is 6.33. The minimum Gasteiger partial charge on any atom is -0.504 e. The highest BCUT2D eigenvalue weighted by Gasteiger charge is 2.17. The quantitative estimate of drug-likeness (QED) is 0.294. The molecule has 2 aromatic carbocycles. The maximum Gasteiger partial charge on any atom is 0.311 e. The number of phenols is 2. The zero-order valence-corrected chi connectivity index (χ0v) is 15.8. The highest BCUT2D eigenvalue weighted by atomic mass is 16.6. The van der Waals surface area contributed by atoms with E-state index >= 15 is 0 Å². The Labute approximate surface area is 170 Å². The number of pyridine rings is 1. The number of aromatic nitrogens is 2. The van der Waals surface area contributed by atoms with Crippen molar-refractivity contribution in [1.29, 1.82) is 0 Å². The third-order valence-electron chi connectivity index (χ3n) is 4.53. The van der Waals surface area contributed by atoms with Gasteiger partial charge in [-0.05, 0) is 36.4 Å². The first-order chi connectivity index (χ1) is 14.5. The van der Waals surface area contributed by atoms with Gasteiger partial charge >= 0.3 is 5.69 Å². The van der Waals surface area contributed by atoms with Crippen LogP contribution in [0.15, 0.2) is 65.8 Å². The summed E-state index contributed by atoms with van der Waals surface area (Å²) in [7, 11) is 1.45. The molecule has 0 bridgehead atoms. The van der Waals surface area contributed by atoms with Crippen molar-refractivity contribution in [2.45, 2.75) is 0 Å². The Morgan fingerprint density at radius 3 is 2.77 bits per heavy atom. The number of methoxy groups -OCH3 is 1. The molecule has 0 aliphatic heterocycles. The van der Waals surface area contributed by atoms with Crippen molar-refractivity contribution >= 4 is 23.4 Å². The van der Waals surface area contributed by atoms with Crippen LogP contribution in [0.5, 0.6) is 17.2 Å². The predicted octanol–water partition coefficient (Wildman–Crippen LogP) is 4.08. The fourth-order valence-corrected chi connectivity index (χ4v) is 3.06. The third-order valence-corrected chi connectivity index (χ3v) is 4.53. The fourth-order valence-electron chi connectivity index (χ4n) is 3.06. The van der Waals surface area contributed by atoms with E-state index in [1.807, 2.05) is 18.2 Å². The highest BCUT2D eigenvalue weighted by molar-refractivity contribution is 5.89. The lowest BCUT2D eigenvalue weighted by Gasteiger charge is -2.06. The summed E-state index contributed by atoms with van der Waals surface area (Å²) in [5.74, 6) is 0.268. The number of para-hydroxylation sites is 1. The van der Waals surface area contributed by atoms with Gasteiger partial charge in [0.1, 0.15) is 11.3 Å². The second-order valence-electron chi connectivity index (χ2n) is 6.33. The lowest BCUT2D eigenvalue weighted by atomic mass is 10.1. The molecule has 150 valence electrons. The molecule has 0 fully saturated rings. The van der Waals surface area contributed by atoms with E-state index in [0.29, 0.717) is 22.7 Å². The lowest BCUT2D eigenvalue weighted by Crippen LogP contribution is -1.92. The Bertz CT molecular complexity index is 1300. The van der Waals surface area contributed by atoms with E-state index in [1.54, 1.807) is 22.7 Å². The molecule has 0 atom stereocenters. The van der Waals surface area contributed by atoms with Gasteiger partial charge in [0.2, 0.25) is 5.75 Å². The molecular weight excluding hydrogens is 388 g/mol. The van der Waals surface area contributed by atoms with Gasteiger partial charge in [0.05, 0.1) is 12.0 Å². The molecule has 0 aliphatic carbocycles. The van der Waals surface area contributed by atoms with Gasteiger partial charge in [0.25, 0.3) is 0 Å². The normalized spacial score (nSPS) is 11.2. The number of nitrogens with zero attached hydrogens (tertiary/aromatic N) is 4. The summed E-state index contributed by atoms with van der Waals surface area (Å²) in [5.41, 5.74) is 1.60. The van der Waals surface area contributed by atoms with Gasteiger partial charge < -0.3 is 14.9 Å². The van der Waals surface area contributed by atoms with Crippen LogP contribution >= 0.6 is 0 Å². The van der Waals surface area contributed by atoms with Crippen molar-refractivity contribution in [3.8, 4) is 28.5 Å². The number of hydrogen-bond acceptors (Lipinski definition) is 7. The molecule has 0 spiro atoms. The van der Waals surface area contributed by atoms with Crippen molar-refractivity contribution in [3.05, 3.63) is 76.5 Å². The first-order valence-corrected chi connectivity index (χ1v) is 8.84. The molecule has 2 heterocycles. The minimum absolute atomic E-state index is 0.00316. The Hall–Kier alpha value is -4.40. The van der Waals surface area contributed by atoms with E-state index in [0.717, 1.165) is 0 Å². The first kappa shape index (κ1) is 18.9. The van der Waals surface area contributed by atoms with Crippen molar-refractivity contribution in [2.24, 2.45) is 4.99 Å². The molecule has 2 aromatic heterocycles.